The molecule has 154 valence electrons. The van der Waals surface area contributed by atoms with Gasteiger partial charge in [-0.1, -0.05) is 42.5 Å². The largest absolute Gasteiger partial charge is 0.353 e. The molecule has 0 fully saturated rings. The van der Waals surface area contributed by atoms with E-state index in [0.717, 1.165) is 0 Å². The summed E-state index contributed by atoms with van der Waals surface area (Å²) in [7, 11) is -3.77. The predicted molar refractivity (Wildman–Crippen MR) is 112 cm³/mol. The van der Waals surface area contributed by atoms with Crippen molar-refractivity contribution in [3.8, 4) is 0 Å². The van der Waals surface area contributed by atoms with Crippen molar-refractivity contribution in [3.05, 3.63) is 96.3 Å². The average Bonchev–Trinajstić information content (AvgIpc) is 2.79. The maximum atomic E-state index is 13.1. The summed E-state index contributed by atoms with van der Waals surface area (Å²) in [6, 6.07) is 19.9. The molecule has 3 aromatic rings. The molecule has 1 atom stereocenters. The highest BCUT2D eigenvalue weighted by atomic mass is 32.2. The first-order chi connectivity index (χ1) is 14.5. The fourth-order valence-corrected chi connectivity index (χ4v) is 4.53. The molecule has 30 heavy (non-hydrogen) atoms. The van der Waals surface area contributed by atoms with Gasteiger partial charge < -0.3 is 10.6 Å². The number of hydrogen-bond donors (Lipinski definition) is 2. The monoisotopic (exact) mass is 423 g/mol. The highest BCUT2D eigenvalue weighted by Gasteiger charge is 2.29. The van der Waals surface area contributed by atoms with Gasteiger partial charge >= 0.3 is 0 Å². The van der Waals surface area contributed by atoms with Crippen molar-refractivity contribution in [3.63, 3.8) is 0 Å². The summed E-state index contributed by atoms with van der Waals surface area (Å²) in [4.78, 5) is 28.5. The van der Waals surface area contributed by atoms with Crippen LogP contribution >= 0.6 is 0 Å². The van der Waals surface area contributed by atoms with E-state index >= 15 is 0 Å². The lowest BCUT2D eigenvalue weighted by Crippen LogP contribution is -2.39. The number of carbonyl (C=O) groups excluding carboxylic acids is 2. The molecule has 8 heteroatoms. The Morgan fingerprint density at radius 2 is 1.53 bits per heavy atom. The van der Waals surface area contributed by atoms with E-state index in [2.05, 4.69) is 15.6 Å². The van der Waals surface area contributed by atoms with Crippen molar-refractivity contribution in [1.29, 1.82) is 0 Å². The van der Waals surface area contributed by atoms with E-state index in [1.807, 2.05) is 0 Å². The zero-order valence-corrected chi connectivity index (χ0v) is 16.9. The summed E-state index contributed by atoms with van der Waals surface area (Å²) in [6.07, 6.45) is 3.02. The summed E-state index contributed by atoms with van der Waals surface area (Å²) in [6.45, 7) is -0.415. The van der Waals surface area contributed by atoms with Crippen molar-refractivity contribution < 1.29 is 18.0 Å². The first-order valence-corrected chi connectivity index (χ1v) is 10.8. The Balaban J connectivity index is 1.68. The number of carbonyl (C=O) groups is 2. The maximum absolute atomic E-state index is 13.1. The molecule has 3 rings (SSSR count). The summed E-state index contributed by atoms with van der Waals surface area (Å²) >= 11 is 0. The minimum absolute atomic E-state index is 0.150. The Morgan fingerprint density at radius 3 is 2.17 bits per heavy atom. The number of nitrogens with zero attached hydrogens (tertiary/aromatic N) is 1. The molecule has 2 N–H and O–H groups in total. The second kappa shape index (κ2) is 9.80. The topological polar surface area (TPSA) is 105 Å². The van der Waals surface area contributed by atoms with Crippen LogP contribution in [-0.2, 0) is 14.6 Å². The van der Waals surface area contributed by atoms with Crippen LogP contribution in [0.5, 0.6) is 0 Å². The van der Waals surface area contributed by atoms with Crippen LogP contribution < -0.4 is 10.6 Å². The van der Waals surface area contributed by atoms with Crippen molar-refractivity contribution in [1.82, 2.24) is 15.6 Å². The molecule has 7 nitrogen and oxygen atoms in total. The molecular formula is C22H21N3O4S. The van der Waals surface area contributed by atoms with Crippen LogP contribution in [0.2, 0.25) is 0 Å². The SMILES string of the molecule is O=C(CNC(=O)c1ccccc1)NC[C@@H](c1cccnc1)S(=O)(=O)c1ccccc1. The maximum Gasteiger partial charge on any atom is 0.251 e. The van der Waals surface area contributed by atoms with E-state index < -0.39 is 21.0 Å². The van der Waals surface area contributed by atoms with Gasteiger partial charge in [0.25, 0.3) is 5.91 Å². The predicted octanol–water partition coefficient (Wildman–Crippen LogP) is 2.14. The van der Waals surface area contributed by atoms with Gasteiger partial charge in [0, 0.05) is 24.5 Å². The molecule has 0 bridgehead atoms. The Morgan fingerprint density at radius 1 is 0.867 bits per heavy atom. The van der Waals surface area contributed by atoms with Crippen LogP contribution in [0, 0.1) is 0 Å². The molecule has 0 aliphatic heterocycles. The van der Waals surface area contributed by atoms with Crippen molar-refractivity contribution in [2.75, 3.05) is 13.1 Å². The number of pyridine rings is 1. The molecular weight excluding hydrogens is 402 g/mol. The Labute approximate surface area is 175 Å². The minimum Gasteiger partial charge on any atom is -0.353 e. The molecule has 0 unspecified atom stereocenters. The van der Waals surface area contributed by atoms with Gasteiger partial charge in [-0.05, 0) is 35.9 Å². The molecule has 1 aromatic heterocycles. The summed E-state index contributed by atoms with van der Waals surface area (Å²) in [5, 5.41) is 4.11. The fraction of sp³-hybridized carbons (Fsp3) is 0.136. The molecule has 0 radical (unpaired) electrons. The fourth-order valence-electron chi connectivity index (χ4n) is 2.87. The number of sulfone groups is 1. The lowest BCUT2D eigenvalue weighted by Gasteiger charge is -2.19. The first kappa shape index (κ1) is 21.2. The molecule has 0 aliphatic rings. The summed E-state index contributed by atoms with van der Waals surface area (Å²) in [5.74, 6) is -0.872. The zero-order chi connectivity index (χ0) is 21.4. The van der Waals surface area contributed by atoms with E-state index in [0.29, 0.717) is 11.1 Å². The average molecular weight is 423 g/mol. The van der Waals surface area contributed by atoms with Gasteiger partial charge in [-0.2, -0.15) is 0 Å². The van der Waals surface area contributed by atoms with E-state index in [4.69, 9.17) is 0 Å². The van der Waals surface area contributed by atoms with Crippen LogP contribution in [0.4, 0.5) is 0 Å². The van der Waals surface area contributed by atoms with Crippen LogP contribution in [0.25, 0.3) is 0 Å². The lowest BCUT2D eigenvalue weighted by atomic mass is 10.2. The van der Waals surface area contributed by atoms with E-state index in [1.54, 1.807) is 66.9 Å². The third kappa shape index (κ3) is 5.30. The van der Waals surface area contributed by atoms with Gasteiger partial charge in [0.05, 0.1) is 11.4 Å². The van der Waals surface area contributed by atoms with Crippen molar-refractivity contribution >= 4 is 21.7 Å². The smallest absolute Gasteiger partial charge is 0.251 e. The molecule has 1 heterocycles. The molecule has 0 saturated heterocycles. The van der Waals surface area contributed by atoms with E-state index in [9.17, 15) is 18.0 Å². The van der Waals surface area contributed by atoms with Crippen LogP contribution in [0.15, 0.2) is 90.1 Å². The quantitative estimate of drug-likeness (QED) is 0.578. The number of amides is 2. The van der Waals surface area contributed by atoms with Crippen LogP contribution in [0.1, 0.15) is 21.2 Å². The third-order valence-electron chi connectivity index (χ3n) is 4.43. The molecule has 0 spiro atoms. The van der Waals surface area contributed by atoms with Crippen molar-refractivity contribution in [2.24, 2.45) is 0 Å². The second-order valence-electron chi connectivity index (χ2n) is 6.49. The molecule has 2 amide bonds. The van der Waals surface area contributed by atoms with E-state index in [-0.39, 0.29) is 23.9 Å². The minimum atomic E-state index is -3.77. The van der Waals surface area contributed by atoms with Gasteiger partial charge in [0.2, 0.25) is 5.91 Å². The lowest BCUT2D eigenvalue weighted by molar-refractivity contribution is -0.120. The number of nitrogens with one attached hydrogen (secondary N) is 2. The Bertz CT molecular complexity index is 1090. The standard InChI is InChI=1S/C22H21N3O4S/c26-21(16-25-22(27)17-8-3-1-4-9-17)24-15-20(18-10-7-13-23-14-18)30(28,29)19-11-5-2-6-12-19/h1-14,20H,15-16H2,(H,24,26)(H,25,27)/t20-/m0/s1. The van der Waals surface area contributed by atoms with Crippen molar-refractivity contribution in [2.45, 2.75) is 10.1 Å². The van der Waals surface area contributed by atoms with Gasteiger partial charge in [0.15, 0.2) is 9.84 Å². The van der Waals surface area contributed by atoms with Gasteiger partial charge in [-0.15, -0.1) is 0 Å². The second-order valence-corrected chi connectivity index (χ2v) is 8.62. The third-order valence-corrected chi connectivity index (χ3v) is 6.55. The Kier molecular flexibility index (Phi) is 6.92. The number of benzene rings is 2. The number of rotatable bonds is 8. The highest BCUT2D eigenvalue weighted by Crippen LogP contribution is 2.27. The first-order valence-electron chi connectivity index (χ1n) is 9.27. The molecule has 0 aliphatic carbocycles. The van der Waals surface area contributed by atoms with Crippen LogP contribution in [0.3, 0.4) is 0 Å². The summed E-state index contributed by atoms with van der Waals surface area (Å²) < 4.78 is 26.3. The molecule has 0 saturated carbocycles. The van der Waals surface area contributed by atoms with Gasteiger partial charge in [-0.3, -0.25) is 14.6 Å². The number of aromatic nitrogens is 1. The van der Waals surface area contributed by atoms with Gasteiger partial charge in [0.1, 0.15) is 5.25 Å². The number of hydrogen-bond acceptors (Lipinski definition) is 5. The van der Waals surface area contributed by atoms with Gasteiger partial charge in [-0.25, -0.2) is 8.42 Å². The normalized spacial score (nSPS) is 12.0. The van der Waals surface area contributed by atoms with E-state index in [1.165, 1.54) is 18.3 Å². The summed E-state index contributed by atoms with van der Waals surface area (Å²) in [5.41, 5.74) is 0.903. The molecule has 2 aromatic carbocycles. The Hall–Kier alpha value is -3.52. The highest BCUT2D eigenvalue weighted by molar-refractivity contribution is 7.91. The van der Waals surface area contributed by atoms with Crippen LogP contribution in [-0.4, -0.2) is 38.3 Å². The zero-order valence-electron chi connectivity index (χ0n) is 16.1.